The van der Waals surface area contributed by atoms with Crippen molar-refractivity contribution in [1.82, 2.24) is 10.1 Å². The molecule has 5 rings (SSSR count). The maximum atomic E-state index is 11.2. The zero-order valence-corrected chi connectivity index (χ0v) is 19.1. The second-order valence-electron chi connectivity index (χ2n) is 9.60. The number of rotatable bonds is 6. The maximum absolute atomic E-state index is 11.2. The molecule has 2 aromatic carbocycles. The van der Waals surface area contributed by atoms with Gasteiger partial charge in [0.2, 0.25) is 5.82 Å². The van der Waals surface area contributed by atoms with E-state index in [9.17, 15) is 9.90 Å². The molecule has 6 nitrogen and oxygen atoms in total. The summed E-state index contributed by atoms with van der Waals surface area (Å²) in [5, 5.41) is 16.9. The first-order valence-electron chi connectivity index (χ1n) is 12.1. The van der Waals surface area contributed by atoms with Crippen LogP contribution in [0.1, 0.15) is 68.4 Å². The molecule has 0 aliphatic heterocycles. The molecule has 0 amide bonds. The highest BCUT2D eigenvalue weighted by Crippen LogP contribution is 2.34. The third-order valence-electron chi connectivity index (χ3n) is 7.29. The van der Waals surface area contributed by atoms with Crippen molar-refractivity contribution < 1.29 is 14.4 Å². The second-order valence-corrected chi connectivity index (χ2v) is 9.60. The van der Waals surface area contributed by atoms with E-state index in [0.29, 0.717) is 24.1 Å². The van der Waals surface area contributed by atoms with Gasteiger partial charge in [-0.25, -0.2) is 0 Å². The van der Waals surface area contributed by atoms with Gasteiger partial charge in [-0.15, -0.1) is 0 Å². The van der Waals surface area contributed by atoms with Crippen LogP contribution in [0.2, 0.25) is 0 Å². The predicted molar refractivity (Wildman–Crippen MR) is 128 cm³/mol. The summed E-state index contributed by atoms with van der Waals surface area (Å²) in [4.78, 5) is 15.8. The number of hydrogen-bond donors (Lipinski definition) is 2. The molecule has 0 saturated heterocycles. The van der Waals surface area contributed by atoms with Crippen LogP contribution in [0.15, 0.2) is 47.0 Å². The monoisotopic (exact) mass is 445 g/mol. The number of aryl methyl sites for hydroxylation is 1. The van der Waals surface area contributed by atoms with E-state index in [1.54, 1.807) is 0 Å². The number of anilines is 1. The quantitative estimate of drug-likeness (QED) is 0.455. The Morgan fingerprint density at radius 1 is 1.00 bits per heavy atom. The summed E-state index contributed by atoms with van der Waals surface area (Å²) in [5.41, 5.74) is 5.36. The van der Waals surface area contributed by atoms with Gasteiger partial charge in [-0.2, -0.15) is 4.98 Å². The van der Waals surface area contributed by atoms with Gasteiger partial charge >= 0.3 is 5.97 Å². The number of nitrogens with zero attached hydrogens (tertiary/aromatic N) is 2. The smallest absolute Gasteiger partial charge is 0.306 e. The third-order valence-corrected chi connectivity index (χ3v) is 7.29. The van der Waals surface area contributed by atoms with Crippen molar-refractivity contribution in [2.75, 3.05) is 5.32 Å². The lowest BCUT2D eigenvalue weighted by atomic mass is 9.84. The average molecular weight is 446 g/mol. The number of aromatic nitrogens is 2. The Labute approximate surface area is 194 Å². The number of aliphatic carboxylic acids is 1. The van der Waals surface area contributed by atoms with Crippen molar-refractivity contribution in [2.24, 2.45) is 5.92 Å². The van der Waals surface area contributed by atoms with Crippen LogP contribution >= 0.6 is 0 Å². The van der Waals surface area contributed by atoms with E-state index in [1.165, 1.54) is 37.7 Å². The number of nitrogens with one attached hydrogen (secondary N) is 1. The molecule has 2 N–H and O–H groups in total. The minimum absolute atomic E-state index is 0.198. The number of carboxylic acid groups (broad SMARTS) is 1. The number of carbonyl (C=O) groups is 1. The molecule has 2 fully saturated rings. The minimum Gasteiger partial charge on any atom is -0.481 e. The molecule has 2 saturated carbocycles. The highest BCUT2D eigenvalue weighted by Gasteiger charge is 2.29. The summed E-state index contributed by atoms with van der Waals surface area (Å²) < 4.78 is 5.57. The van der Waals surface area contributed by atoms with Crippen LogP contribution in [-0.2, 0) is 4.79 Å². The molecule has 172 valence electrons. The lowest BCUT2D eigenvalue weighted by molar-refractivity contribution is -0.141. The predicted octanol–water partition coefficient (Wildman–Crippen LogP) is 6.42. The molecule has 0 bridgehead atoms. The summed E-state index contributed by atoms with van der Waals surface area (Å²) in [7, 11) is 0. The molecule has 2 aliphatic rings. The van der Waals surface area contributed by atoms with Crippen molar-refractivity contribution in [2.45, 2.75) is 70.3 Å². The van der Waals surface area contributed by atoms with E-state index in [0.717, 1.165) is 35.2 Å². The molecule has 1 heterocycles. The molecule has 0 radical (unpaired) electrons. The van der Waals surface area contributed by atoms with Crippen molar-refractivity contribution >= 4 is 11.7 Å². The number of carboxylic acids is 1. The standard InChI is InChI=1S/C27H31N3O3/c1-17-15-21(12-14-24(17)28-23-13-11-22(16-23)27(31)32)25-29-26(33-30-25)20-9-7-19(8-10-20)18-5-3-2-4-6-18/h7-10,12,14-15,18,22-23,28H,2-6,11,13,16H2,1H3,(H,31,32). The fraction of sp³-hybridized carbons (Fsp3) is 0.444. The second kappa shape index (κ2) is 9.38. The van der Waals surface area contributed by atoms with Crippen molar-refractivity contribution in [3.8, 4) is 22.8 Å². The molecule has 2 unspecified atom stereocenters. The first kappa shape index (κ1) is 21.7. The third kappa shape index (κ3) is 4.80. The van der Waals surface area contributed by atoms with E-state index >= 15 is 0 Å². The Hall–Kier alpha value is -3.15. The zero-order valence-electron chi connectivity index (χ0n) is 19.1. The van der Waals surface area contributed by atoms with Gasteiger partial charge in [-0.3, -0.25) is 4.79 Å². The van der Waals surface area contributed by atoms with Gasteiger partial charge < -0.3 is 14.9 Å². The van der Waals surface area contributed by atoms with Gasteiger partial charge in [-0.1, -0.05) is 36.6 Å². The molecule has 2 atom stereocenters. The molecule has 3 aromatic rings. The molecule has 2 aliphatic carbocycles. The summed E-state index contributed by atoms with van der Waals surface area (Å²) >= 11 is 0. The van der Waals surface area contributed by atoms with E-state index in [4.69, 9.17) is 4.52 Å². The fourth-order valence-corrected chi connectivity index (χ4v) is 5.31. The Kier molecular flexibility index (Phi) is 6.16. The SMILES string of the molecule is Cc1cc(-c2noc(-c3ccc(C4CCCCC4)cc3)n2)ccc1NC1CCC(C(=O)O)C1. The summed E-state index contributed by atoms with van der Waals surface area (Å²) in [6.07, 6.45) is 8.88. The zero-order chi connectivity index (χ0) is 22.8. The van der Waals surface area contributed by atoms with Gasteiger partial charge in [0.15, 0.2) is 0 Å². The highest BCUT2D eigenvalue weighted by atomic mass is 16.5. The average Bonchev–Trinajstić information content (AvgIpc) is 3.52. The lowest BCUT2D eigenvalue weighted by Crippen LogP contribution is -2.18. The highest BCUT2D eigenvalue weighted by molar-refractivity contribution is 5.71. The summed E-state index contributed by atoms with van der Waals surface area (Å²) in [6, 6.07) is 14.8. The topological polar surface area (TPSA) is 88.3 Å². The molecule has 1 aromatic heterocycles. The minimum atomic E-state index is -0.692. The Morgan fingerprint density at radius 2 is 1.76 bits per heavy atom. The van der Waals surface area contributed by atoms with Crippen molar-refractivity contribution in [3.05, 3.63) is 53.6 Å². The van der Waals surface area contributed by atoms with Crippen LogP contribution in [0.4, 0.5) is 5.69 Å². The van der Waals surface area contributed by atoms with E-state index in [-0.39, 0.29) is 12.0 Å². The van der Waals surface area contributed by atoms with E-state index in [1.807, 2.05) is 25.1 Å². The van der Waals surface area contributed by atoms with Gasteiger partial charge in [0.05, 0.1) is 5.92 Å². The van der Waals surface area contributed by atoms with Gasteiger partial charge in [0, 0.05) is 22.9 Å². The first-order chi connectivity index (χ1) is 16.1. The molecular formula is C27H31N3O3. The molecule has 0 spiro atoms. The van der Waals surface area contributed by atoms with E-state index < -0.39 is 5.97 Å². The molecule has 33 heavy (non-hydrogen) atoms. The van der Waals surface area contributed by atoms with Crippen LogP contribution in [-0.4, -0.2) is 27.3 Å². The molecular weight excluding hydrogens is 414 g/mol. The van der Waals surface area contributed by atoms with Crippen LogP contribution in [0.25, 0.3) is 22.8 Å². The molecule has 6 heteroatoms. The van der Waals surface area contributed by atoms with Gasteiger partial charge in [0.1, 0.15) is 0 Å². The normalized spacial score (nSPS) is 21.2. The number of benzene rings is 2. The van der Waals surface area contributed by atoms with Crippen LogP contribution in [0.5, 0.6) is 0 Å². The Bertz CT molecular complexity index is 1120. The van der Waals surface area contributed by atoms with Crippen LogP contribution < -0.4 is 5.32 Å². The summed E-state index contributed by atoms with van der Waals surface area (Å²) in [6.45, 7) is 2.04. The van der Waals surface area contributed by atoms with Gasteiger partial charge in [-0.05, 0) is 86.4 Å². The lowest BCUT2D eigenvalue weighted by Gasteiger charge is -2.21. The maximum Gasteiger partial charge on any atom is 0.306 e. The van der Waals surface area contributed by atoms with Gasteiger partial charge in [0.25, 0.3) is 5.89 Å². The van der Waals surface area contributed by atoms with E-state index in [2.05, 4.69) is 39.7 Å². The van der Waals surface area contributed by atoms with Crippen LogP contribution in [0.3, 0.4) is 0 Å². The Morgan fingerprint density at radius 3 is 2.45 bits per heavy atom. The Balaban J connectivity index is 1.27. The summed E-state index contributed by atoms with van der Waals surface area (Å²) in [5.74, 6) is 0.855. The van der Waals surface area contributed by atoms with Crippen LogP contribution in [0, 0.1) is 12.8 Å². The number of hydrogen-bond acceptors (Lipinski definition) is 5. The van der Waals surface area contributed by atoms with Crippen molar-refractivity contribution in [1.29, 1.82) is 0 Å². The largest absolute Gasteiger partial charge is 0.481 e. The fourth-order valence-electron chi connectivity index (χ4n) is 5.31. The van der Waals surface area contributed by atoms with Crippen molar-refractivity contribution in [3.63, 3.8) is 0 Å². The first-order valence-corrected chi connectivity index (χ1v) is 12.1.